The number of benzene rings is 2. The number of amides is 1. The molecule has 0 fully saturated rings. The minimum absolute atomic E-state index is 0.0635. The third-order valence-corrected chi connectivity index (χ3v) is 5.09. The van der Waals surface area contributed by atoms with Crippen molar-refractivity contribution in [3.63, 3.8) is 0 Å². The number of nitro groups is 1. The quantitative estimate of drug-likeness (QED) is 0.420. The molecule has 10 heteroatoms. The predicted octanol–water partition coefficient (Wildman–Crippen LogP) is 2.71. The van der Waals surface area contributed by atoms with Crippen molar-refractivity contribution in [1.29, 1.82) is 0 Å². The summed E-state index contributed by atoms with van der Waals surface area (Å²) in [5.41, 5.74) is 1.40. The number of aryl methyl sites for hydroxylation is 1. The third-order valence-electron chi connectivity index (χ3n) is 5.09. The summed E-state index contributed by atoms with van der Waals surface area (Å²) in [5.74, 6) is 0.710. The molecule has 2 aromatic carbocycles. The van der Waals surface area contributed by atoms with Gasteiger partial charge in [0.2, 0.25) is 5.91 Å². The van der Waals surface area contributed by atoms with Crippen LogP contribution in [0.2, 0.25) is 0 Å². The molecule has 4 rings (SSSR count). The highest BCUT2D eigenvalue weighted by atomic mass is 16.6. The topological polar surface area (TPSA) is 117 Å². The minimum atomic E-state index is -0.604. The van der Waals surface area contributed by atoms with Crippen molar-refractivity contribution < 1.29 is 23.6 Å². The zero-order valence-electron chi connectivity index (χ0n) is 16.9. The molecule has 3 aromatic rings. The van der Waals surface area contributed by atoms with Crippen molar-refractivity contribution in [3.8, 4) is 11.5 Å². The molecule has 0 saturated heterocycles. The Labute approximate surface area is 176 Å². The Morgan fingerprint density at radius 3 is 2.71 bits per heavy atom. The lowest BCUT2D eigenvalue weighted by Gasteiger charge is -2.21. The van der Waals surface area contributed by atoms with Crippen LogP contribution in [0.3, 0.4) is 0 Å². The zero-order chi connectivity index (χ0) is 22.0. The number of non-ortho nitro benzene ring substituents is 1. The Morgan fingerprint density at radius 2 is 1.94 bits per heavy atom. The Hall–Kier alpha value is -3.82. The normalized spacial score (nSPS) is 12.7. The van der Waals surface area contributed by atoms with Crippen LogP contribution in [-0.2, 0) is 17.9 Å². The maximum atomic E-state index is 12.5. The van der Waals surface area contributed by atoms with Gasteiger partial charge in [0.25, 0.3) is 5.69 Å². The number of aromatic nitrogens is 1. The van der Waals surface area contributed by atoms with Gasteiger partial charge in [0.1, 0.15) is 13.2 Å². The van der Waals surface area contributed by atoms with E-state index >= 15 is 0 Å². The highest BCUT2D eigenvalue weighted by Gasteiger charge is 2.16. The highest BCUT2D eigenvalue weighted by Crippen LogP contribution is 2.31. The molecule has 0 aliphatic carbocycles. The second-order valence-electron chi connectivity index (χ2n) is 7.26. The van der Waals surface area contributed by atoms with Gasteiger partial charge < -0.3 is 18.8 Å². The molecule has 31 heavy (non-hydrogen) atoms. The molecule has 2 heterocycles. The van der Waals surface area contributed by atoms with Gasteiger partial charge >= 0.3 is 5.76 Å². The van der Waals surface area contributed by atoms with Gasteiger partial charge in [-0.25, -0.2) is 4.79 Å². The number of hydrogen-bond donors (Lipinski definition) is 0. The number of oxazole rings is 1. The van der Waals surface area contributed by atoms with Gasteiger partial charge in [-0.1, -0.05) is 6.07 Å². The zero-order valence-corrected chi connectivity index (χ0v) is 16.9. The van der Waals surface area contributed by atoms with Gasteiger partial charge in [0.05, 0.1) is 16.5 Å². The van der Waals surface area contributed by atoms with Crippen molar-refractivity contribution in [2.24, 2.45) is 0 Å². The fourth-order valence-electron chi connectivity index (χ4n) is 3.51. The molecule has 0 radical (unpaired) electrons. The SMILES string of the molecule is CN(Cc1ccc2c(c1)OCCO2)C(=O)CCCn1c(=O)oc2cc([N+](=O)[O-])ccc21. The van der Waals surface area contributed by atoms with E-state index in [-0.39, 0.29) is 30.1 Å². The van der Waals surface area contributed by atoms with Crippen LogP contribution in [0, 0.1) is 10.1 Å². The number of carbonyl (C=O) groups is 1. The van der Waals surface area contributed by atoms with Gasteiger partial charge in [0.15, 0.2) is 17.1 Å². The van der Waals surface area contributed by atoms with Gasteiger partial charge in [-0.3, -0.25) is 19.5 Å². The Morgan fingerprint density at radius 1 is 1.16 bits per heavy atom. The molecule has 1 aromatic heterocycles. The third kappa shape index (κ3) is 4.37. The van der Waals surface area contributed by atoms with Gasteiger partial charge in [0, 0.05) is 32.6 Å². The molecule has 162 valence electrons. The Kier molecular flexibility index (Phi) is 5.61. The number of ether oxygens (including phenoxy) is 2. The maximum absolute atomic E-state index is 12.5. The summed E-state index contributed by atoms with van der Waals surface area (Å²) in [7, 11) is 1.72. The number of carbonyl (C=O) groups excluding carboxylic acids is 1. The average Bonchev–Trinajstić information content (AvgIpc) is 3.07. The molecule has 0 saturated carbocycles. The Bertz CT molecular complexity index is 1200. The van der Waals surface area contributed by atoms with Gasteiger partial charge in [-0.2, -0.15) is 0 Å². The van der Waals surface area contributed by atoms with Crippen molar-refractivity contribution >= 4 is 22.7 Å². The number of nitrogens with zero attached hydrogens (tertiary/aromatic N) is 3. The molecule has 0 N–H and O–H groups in total. The molecule has 0 spiro atoms. The van der Waals surface area contributed by atoms with E-state index in [9.17, 15) is 19.7 Å². The summed E-state index contributed by atoms with van der Waals surface area (Å²) in [6, 6.07) is 9.62. The van der Waals surface area contributed by atoms with E-state index in [0.29, 0.717) is 43.2 Å². The summed E-state index contributed by atoms with van der Waals surface area (Å²) in [6.45, 7) is 1.72. The smallest absolute Gasteiger partial charge is 0.419 e. The fourth-order valence-corrected chi connectivity index (χ4v) is 3.51. The van der Waals surface area contributed by atoms with Crippen LogP contribution >= 0.6 is 0 Å². The van der Waals surface area contributed by atoms with Crippen LogP contribution in [0.5, 0.6) is 11.5 Å². The van der Waals surface area contributed by atoms with E-state index in [1.807, 2.05) is 18.2 Å². The summed E-state index contributed by atoms with van der Waals surface area (Å²) in [5, 5.41) is 10.9. The molecule has 1 aliphatic rings. The van der Waals surface area contributed by atoms with E-state index in [0.717, 1.165) is 5.56 Å². The largest absolute Gasteiger partial charge is 0.486 e. The molecule has 1 amide bonds. The van der Waals surface area contributed by atoms with E-state index in [1.165, 1.54) is 22.8 Å². The lowest BCUT2D eigenvalue weighted by molar-refractivity contribution is -0.384. The molecule has 1 aliphatic heterocycles. The van der Waals surface area contributed by atoms with Crippen molar-refractivity contribution in [3.05, 3.63) is 62.6 Å². The molecule has 10 nitrogen and oxygen atoms in total. The monoisotopic (exact) mass is 427 g/mol. The summed E-state index contributed by atoms with van der Waals surface area (Å²) < 4.78 is 17.6. The Balaban J connectivity index is 1.35. The second kappa shape index (κ2) is 8.50. The van der Waals surface area contributed by atoms with E-state index in [1.54, 1.807) is 11.9 Å². The standard InChI is InChI=1S/C21H21N3O7/c1-22(13-14-4-7-17-19(11-14)30-10-9-29-17)20(25)3-2-8-23-16-6-5-15(24(27)28)12-18(16)31-21(23)26/h4-7,11-12H,2-3,8-10,13H2,1H3. The summed E-state index contributed by atoms with van der Waals surface area (Å²) in [4.78, 5) is 36.6. The predicted molar refractivity (Wildman–Crippen MR) is 110 cm³/mol. The van der Waals surface area contributed by atoms with Gasteiger partial charge in [-0.15, -0.1) is 0 Å². The van der Waals surface area contributed by atoms with E-state index < -0.39 is 10.7 Å². The first-order valence-electron chi connectivity index (χ1n) is 9.82. The minimum Gasteiger partial charge on any atom is -0.486 e. The molecule has 0 unspecified atom stereocenters. The maximum Gasteiger partial charge on any atom is 0.419 e. The molecule has 0 bridgehead atoms. The highest BCUT2D eigenvalue weighted by molar-refractivity contribution is 5.76. The van der Waals surface area contributed by atoms with Gasteiger partial charge in [-0.05, 0) is 30.2 Å². The fraction of sp³-hybridized carbons (Fsp3) is 0.333. The van der Waals surface area contributed by atoms with Crippen molar-refractivity contribution in [2.45, 2.75) is 25.9 Å². The first-order valence-corrected chi connectivity index (χ1v) is 9.82. The first kappa shape index (κ1) is 20.5. The lowest BCUT2D eigenvalue weighted by atomic mass is 10.1. The van der Waals surface area contributed by atoms with Crippen LogP contribution in [0.1, 0.15) is 18.4 Å². The van der Waals surface area contributed by atoms with E-state index in [4.69, 9.17) is 13.9 Å². The van der Waals surface area contributed by atoms with Crippen molar-refractivity contribution in [2.75, 3.05) is 20.3 Å². The second-order valence-corrected chi connectivity index (χ2v) is 7.26. The summed E-state index contributed by atoms with van der Waals surface area (Å²) in [6.07, 6.45) is 0.670. The van der Waals surface area contributed by atoms with Crippen LogP contribution in [0.4, 0.5) is 5.69 Å². The number of rotatable bonds is 7. The molecular formula is C21H21N3O7. The molecular weight excluding hydrogens is 406 g/mol. The van der Waals surface area contributed by atoms with Crippen LogP contribution in [-0.4, -0.2) is 40.6 Å². The number of fused-ring (bicyclic) bond motifs is 2. The molecule has 0 atom stereocenters. The van der Waals surface area contributed by atoms with E-state index in [2.05, 4.69) is 0 Å². The van der Waals surface area contributed by atoms with Crippen molar-refractivity contribution in [1.82, 2.24) is 9.47 Å². The first-order chi connectivity index (χ1) is 14.9. The lowest BCUT2D eigenvalue weighted by Crippen LogP contribution is -2.26. The number of nitro benzene ring substituents is 1. The number of hydrogen-bond acceptors (Lipinski definition) is 7. The summed E-state index contributed by atoms with van der Waals surface area (Å²) >= 11 is 0. The van der Waals surface area contributed by atoms with Crippen LogP contribution in [0.25, 0.3) is 11.1 Å². The van der Waals surface area contributed by atoms with Crippen LogP contribution in [0.15, 0.2) is 45.6 Å². The average molecular weight is 427 g/mol. The van der Waals surface area contributed by atoms with Crippen LogP contribution < -0.4 is 15.2 Å².